The molecular weight excluding hydrogens is 1140 g/mol. The Morgan fingerprint density at radius 2 is 0.660 bits per heavy atom. The lowest BCUT2D eigenvalue weighted by Crippen LogP contribution is -2.17. The summed E-state index contributed by atoms with van der Waals surface area (Å²) in [7, 11) is 0. The third-order valence-electron chi connectivity index (χ3n) is 21.0. The molecule has 16 aromatic rings. The molecule has 0 unspecified atom stereocenters. The predicted molar refractivity (Wildman–Crippen MR) is 400 cm³/mol. The van der Waals surface area contributed by atoms with Gasteiger partial charge in [0.15, 0.2) is 0 Å². The summed E-state index contributed by atoms with van der Waals surface area (Å²) in [6.45, 7) is 4.72. The Labute approximate surface area is 550 Å². The summed E-state index contributed by atoms with van der Waals surface area (Å²) in [5.41, 5.74) is 28.0. The van der Waals surface area contributed by atoms with E-state index in [1.165, 1.54) is 191 Å². The SMILES string of the molecule is CCCc1cc(N(c2cccc3c2CCCC3)c2cccc3c4ccccc4n(-c4cccc(-c5ccccc5)c4)c23)c2ccc3c(CCC)cc(N(c4cccc5c4CCCC5)c4cccc5c6ccccc6n(-c6cccc(-c7ccccc7)c6)c45)c4ccc1c2c34. The third-order valence-corrected chi connectivity index (χ3v) is 21.0. The van der Waals surface area contributed by atoms with Gasteiger partial charge in [0.2, 0.25) is 0 Å². The van der Waals surface area contributed by atoms with Gasteiger partial charge in [-0.1, -0.05) is 221 Å². The van der Waals surface area contributed by atoms with Crippen LogP contribution in [0.2, 0.25) is 0 Å². The number of aromatic nitrogens is 2. The van der Waals surface area contributed by atoms with Gasteiger partial charge in [0.1, 0.15) is 0 Å². The lowest BCUT2D eigenvalue weighted by atomic mass is 9.85. The van der Waals surface area contributed by atoms with Crippen LogP contribution in [-0.4, -0.2) is 9.13 Å². The van der Waals surface area contributed by atoms with Crippen LogP contribution in [0.4, 0.5) is 34.1 Å². The Kier molecular flexibility index (Phi) is 13.8. The molecule has 0 atom stereocenters. The molecule has 0 N–H and O–H groups in total. The molecule has 14 aromatic carbocycles. The smallest absolute Gasteiger partial charge is 0.0782 e. The van der Waals surface area contributed by atoms with Gasteiger partial charge in [-0.25, -0.2) is 0 Å². The van der Waals surface area contributed by atoms with E-state index in [9.17, 15) is 0 Å². The summed E-state index contributed by atoms with van der Waals surface area (Å²) in [4.78, 5) is 5.47. The first-order valence-electron chi connectivity index (χ1n) is 34.5. The van der Waals surface area contributed by atoms with Gasteiger partial charge in [0.25, 0.3) is 0 Å². The van der Waals surface area contributed by atoms with Crippen LogP contribution in [0.15, 0.2) is 267 Å². The predicted octanol–water partition coefficient (Wildman–Crippen LogP) is 24.7. The zero-order chi connectivity index (χ0) is 62.4. The molecule has 0 radical (unpaired) electrons. The molecule has 94 heavy (non-hydrogen) atoms. The van der Waals surface area contributed by atoms with Gasteiger partial charge in [-0.05, 0) is 214 Å². The minimum absolute atomic E-state index is 0.952. The number of benzene rings is 14. The Hall–Kier alpha value is -10.7. The van der Waals surface area contributed by atoms with Crippen LogP contribution in [-0.2, 0) is 38.5 Å². The maximum atomic E-state index is 2.73. The fourth-order valence-electron chi connectivity index (χ4n) is 16.9. The number of rotatable bonds is 14. The van der Waals surface area contributed by atoms with Crippen molar-refractivity contribution < 1.29 is 0 Å². The molecule has 0 spiro atoms. The Bertz CT molecular complexity index is 5260. The van der Waals surface area contributed by atoms with Gasteiger partial charge in [0, 0.05) is 55.1 Å². The minimum Gasteiger partial charge on any atom is -0.307 e. The van der Waals surface area contributed by atoms with Crippen molar-refractivity contribution in [3.05, 3.63) is 300 Å². The van der Waals surface area contributed by atoms with Crippen molar-refractivity contribution in [3.63, 3.8) is 0 Å². The molecule has 0 saturated heterocycles. The van der Waals surface area contributed by atoms with Crippen LogP contribution in [0, 0.1) is 0 Å². The second kappa shape index (κ2) is 23.2. The lowest BCUT2D eigenvalue weighted by Gasteiger charge is -2.34. The van der Waals surface area contributed by atoms with Crippen LogP contribution in [0.3, 0.4) is 0 Å². The van der Waals surface area contributed by atoms with Gasteiger partial charge in [-0.15, -0.1) is 0 Å². The van der Waals surface area contributed by atoms with Crippen LogP contribution in [0.1, 0.15) is 85.8 Å². The zero-order valence-corrected chi connectivity index (χ0v) is 53.7. The molecule has 0 saturated carbocycles. The highest BCUT2D eigenvalue weighted by molar-refractivity contribution is 6.30. The van der Waals surface area contributed by atoms with Crippen molar-refractivity contribution in [1.29, 1.82) is 0 Å². The van der Waals surface area contributed by atoms with Crippen LogP contribution in [0.5, 0.6) is 0 Å². The van der Waals surface area contributed by atoms with Gasteiger partial charge in [0.05, 0.1) is 44.8 Å². The molecule has 2 heterocycles. The standard InChI is InChI=1S/C90H74N4/c1-3-25-65-57-85(93(79-47-21-33-61-31-11-13-39-69(61)79)83-49-23-43-75-73-41-15-17-45-81(73)91(89(75)83)67-37-19-35-63(55-67)59-27-7-5-8-28-59)77-54-52-72-66(26-4-2)58-86(78-53-51-71(65)87(77)88(72)78)94(80-48-22-34-62-32-12-14-40-70(62)80)84-50-24-44-76-74-42-16-18-46-82(74)92(90(76)84)68-38-20-36-64(56-68)60-29-9-6-10-30-60/h5-10,15-24,27-30,33-38,41-58H,3-4,11-14,25-26,31-32,39-40H2,1-2H3. The van der Waals surface area contributed by atoms with E-state index in [0.29, 0.717) is 0 Å². The van der Waals surface area contributed by atoms with E-state index in [1.54, 1.807) is 0 Å². The largest absolute Gasteiger partial charge is 0.307 e. The van der Waals surface area contributed by atoms with E-state index < -0.39 is 0 Å². The van der Waals surface area contributed by atoms with Crippen LogP contribution >= 0.6 is 0 Å². The summed E-state index contributed by atoms with van der Waals surface area (Å²) in [5, 5.41) is 12.9. The molecule has 454 valence electrons. The fourth-order valence-corrected chi connectivity index (χ4v) is 16.9. The highest BCUT2D eigenvalue weighted by Crippen LogP contribution is 2.54. The van der Waals surface area contributed by atoms with Crippen molar-refractivity contribution in [2.75, 3.05) is 9.80 Å². The number of fused-ring (bicyclic) bond motifs is 8. The van der Waals surface area contributed by atoms with Crippen molar-refractivity contribution in [2.24, 2.45) is 0 Å². The monoisotopic (exact) mass is 1210 g/mol. The Morgan fingerprint density at radius 3 is 1.12 bits per heavy atom. The van der Waals surface area contributed by atoms with Crippen molar-refractivity contribution in [3.8, 4) is 33.6 Å². The number of aryl methyl sites for hydroxylation is 4. The number of hydrogen-bond donors (Lipinski definition) is 0. The minimum atomic E-state index is 0.952. The lowest BCUT2D eigenvalue weighted by molar-refractivity contribution is 0.686. The van der Waals surface area contributed by atoms with Crippen LogP contribution < -0.4 is 9.80 Å². The number of para-hydroxylation sites is 4. The first-order chi connectivity index (χ1) is 46.6. The van der Waals surface area contributed by atoms with Crippen molar-refractivity contribution in [1.82, 2.24) is 9.13 Å². The quantitative estimate of drug-likeness (QED) is 0.101. The average molecular weight is 1210 g/mol. The summed E-state index contributed by atoms with van der Waals surface area (Å²) >= 11 is 0. The van der Waals surface area contributed by atoms with Gasteiger partial charge >= 0.3 is 0 Å². The molecule has 2 aliphatic rings. The zero-order valence-electron chi connectivity index (χ0n) is 53.7. The fraction of sp³-hybridized carbons (Fsp3) is 0.156. The molecule has 4 nitrogen and oxygen atoms in total. The maximum Gasteiger partial charge on any atom is 0.0782 e. The second-order valence-corrected chi connectivity index (χ2v) is 26.5. The molecule has 2 aliphatic carbocycles. The van der Waals surface area contributed by atoms with E-state index in [4.69, 9.17) is 0 Å². The highest BCUT2D eigenvalue weighted by Gasteiger charge is 2.32. The number of anilines is 6. The second-order valence-electron chi connectivity index (χ2n) is 26.5. The summed E-state index contributed by atoms with van der Waals surface area (Å²) in [6.07, 6.45) is 13.0. The van der Waals surface area contributed by atoms with Crippen molar-refractivity contribution >= 4 is 110 Å². The molecule has 0 aliphatic heterocycles. The van der Waals surface area contributed by atoms with Gasteiger partial charge in [-0.2, -0.15) is 0 Å². The van der Waals surface area contributed by atoms with E-state index in [1.807, 2.05) is 0 Å². The normalized spacial score (nSPS) is 13.3. The highest BCUT2D eigenvalue weighted by atomic mass is 15.2. The molecule has 4 heteroatoms. The van der Waals surface area contributed by atoms with Crippen LogP contribution in [0.25, 0.3) is 110 Å². The molecule has 0 fully saturated rings. The van der Waals surface area contributed by atoms with E-state index in [-0.39, 0.29) is 0 Å². The molecule has 18 rings (SSSR count). The Morgan fingerprint density at radius 1 is 0.287 bits per heavy atom. The average Bonchev–Trinajstić information content (AvgIpc) is 0.796. The maximum absolute atomic E-state index is 2.73. The first-order valence-corrected chi connectivity index (χ1v) is 34.5. The molecule has 2 aromatic heterocycles. The summed E-state index contributed by atoms with van der Waals surface area (Å²) in [6, 6.07) is 102. The number of nitrogens with zero attached hydrogens (tertiary/aromatic N) is 4. The van der Waals surface area contributed by atoms with E-state index in [2.05, 4.69) is 300 Å². The van der Waals surface area contributed by atoms with E-state index in [0.717, 1.165) is 62.7 Å². The van der Waals surface area contributed by atoms with Crippen molar-refractivity contribution in [2.45, 2.75) is 90.9 Å². The topological polar surface area (TPSA) is 16.3 Å². The molecule has 0 bridgehead atoms. The Balaban J connectivity index is 0.948. The number of hydrogen-bond acceptors (Lipinski definition) is 2. The summed E-state index contributed by atoms with van der Waals surface area (Å²) in [5.74, 6) is 0. The first kappa shape index (κ1) is 56.1. The van der Waals surface area contributed by atoms with Gasteiger partial charge < -0.3 is 18.9 Å². The summed E-state index contributed by atoms with van der Waals surface area (Å²) < 4.78 is 5.13. The molecular formula is C90H74N4. The van der Waals surface area contributed by atoms with Gasteiger partial charge in [-0.3, -0.25) is 0 Å². The third kappa shape index (κ3) is 9.01. The molecule has 0 amide bonds. The van der Waals surface area contributed by atoms with E-state index >= 15 is 0 Å².